The highest BCUT2D eigenvalue weighted by Crippen LogP contribution is 2.80. The van der Waals surface area contributed by atoms with Crippen molar-refractivity contribution in [2.45, 2.75) is 70.6 Å². The van der Waals surface area contributed by atoms with Gasteiger partial charge in [-0.05, 0) is 74.5 Å². The Morgan fingerprint density at radius 2 is 1.59 bits per heavy atom. The average Bonchev–Trinajstić information content (AvgIpc) is 3.26. The van der Waals surface area contributed by atoms with Gasteiger partial charge in [-0.1, -0.05) is 19.3 Å². The molecule has 7 rings (SSSR count). The fraction of sp³-hybridized carbons (Fsp3) is 0.760. The molecule has 0 N–H and O–H groups in total. The quantitative estimate of drug-likeness (QED) is 0.705. The standard InChI is InChI=1S/C25H32N2O2/c1-26-20(15-6-4-3-5-7-15)18-19(23(26)29)21(27(2)22(18)28)24-10-14-8-16-9-17(12-24)25(16,11-14)13-24/h14-17H,3-13H2,1-2H3. The van der Waals surface area contributed by atoms with Crippen LogP contribution in [0.5, 0.6) is 0 Å². The molecule has 154 valence electrons. The smallest absolute Gasteiger partial charge is 0.260 e. The van der Waals surface area contributed by atoms with Gasteiger partial charge in [0.15, 0.2) is 0 Å². The second kappa shape index (κ2) is 5.18. The molecule has 0 radical (unpaired) electrons. The molecule has 0 aromatic heterocycles. The van der Waals surface area contributed by atoms with Crippen molar-refractivity contribution in [2.75, 3.05) is 14.1 Å². The Hall–Kier alpha value is -1.58. The summed E-state index contributed by atoms with van der Waals surface area (Å²) in [6.45, 7) is 0. The first-order valence-corrected chi connectivity index (χ1v) is 12.0. The van der Waals surface area contributed by atoms with E-state index < -0.39 is 0 Å². The van der Waals surface area contributed by atoms with Crippen LogP contribution in [0, 0.1) is 34.5 Å². The lowest BCUT2D eigenvalue weighted by atomic mass is 9.55. The monoisotopic (exact) mass is 392 g/mol. The molecule has 5 unspecified atom stereocenters. The summed E-state index contributed by atoms with van der Waals surface area (Å²) in [6.07, 6.45) is 13.9. The number of carbonyl (C=O) groups excluding carboxylic acids is 2. The highest BCUT2D eigenvalue weighted by molar-refractivity contribution is 6.19. The van der Waals surface area contributed by atoms with Gasteiger partial charge in [0, 0.05) is 36.8 Å². The number of likely N-dealkylation sites (N-methyl/N-ethyl adjacent to an activating group) is 2. The molecule has 29 heavy (non-hydrogen) atoms. The molecule has 1 spiro atoms. The van der Waals surface area contributed by atoms with Crippen molar-refractivity contribution >= 4 is 11.8 Å². The molecule has 0 saturated heterocycles. The van der Waals surface area contributed by atoms with Crippen LogP contribution in [-0.2, 0) is 9.59 Å². The van der Waals surface area contributed by atoms with Crippen LogP contribution in [0.2, 0.25) is 0 Å². The number of amides is 2. The van der Waals surface area contributed by atoms with Gasteiger partial charge in [-0.25, -0.2) is 0 Å². The molecular weight excluding hydrogens is 360 g/mol. The molecule has 5 saturated carbocycles. The molecule has 0 aromatic carbocycles. The Morgan fingerprint density at radius 1 is 0.828 bits per heavy atom. The van der Waals surface area contributed by atoms with Crippen molar-refractivity contribution in [1.82, 2.24) is 9.80 Å². The first kappa shape index (κ1) is 17.1. The zero-order valence-electron chi connectivity index (χ0n) is 17.8. The van der Waals surface area contributed by atoms with Gasteiger partial charge in [-0.15, -0.1) is 0 Å². The highest BCUT2D eigenvalue weighted by Gasteiger charge is 2.73. The molecular formula is C25H32N2O2. The van der Waals surface area contributed by atoms with Crippen LogP contribution in [0.25, 0.3) is 0 Å². The molecule has 4 nitrogen and oxygen atoms in total. The third-order valence-electron chi connectivity index (χ3n) is 10.4. The molecule has 5 atom stereocenters. The van der Waals surface area contributed by atoms with Crippen molar-refractivity contribution in [3.05, 3.63) is 22.5 Å². The minimum Gasteiger partial charge on any atom is -0.314 e. The largest absolute Gasteiger partial charge is 0.314 e. The first-order valence-electron chi connectivity index (χ1n) is 12.0. The molecule has 7 aliphatic rings. The van der Waals surface area contributed by atoms with Gasteiger partial charge in [-0.2, -0.15) is 0 Å². The van der Waals surface area contributed by atoms with E-state index >= 15 is 0 Å². The number of hydrogen-bond acceptors (Lipinski definition) is 2. The van der Waals surface area contributed by atoms with Crippen molar-refractivity contribution in [1.29, 1.82) is 0 Å². The topological polar surface area (TPSA) is 40.6 Å². The lowest BCUT2D eigenvalue weighted by Crippen LogP contribution is -2.42. The van der Waals surface area contributed by atoms with E-state index in [9.17, 15) is 9.59 Å². The molecule has 2 amide bonds. The third kappa shape index (κ3) is 1.81. The van der Waals surface area contributed by atoms with Crippen molar-refractivity contribution in [3.8, 4) is 0 Å². The third-order valence-corrected chi connectivity index (χ3v) is 10.4. The molecule has 2 heterocycles. The van der Waals surface area contributed by atoms with Crippen molar-refractivity contribution in [2.24, 2.45) is 34.5 Å². The Bertz CT molecular complexity index is 921. The van der Waals surface area contributed by atoms with Crippen LogP contribution in [0.15, 0.2) is 22.5 Å². The minimum absolute atomic E-state index is 0.0822. The zero-order chi connectivity index (χ0) is 19.7. The summed E-state index contributed by atoms with van der Waals surface area (Å²) in [5.41, 5.74) is 4.45. The van der Waals surface area contributed by atoms with Gasteiger partial charge in [0.1, 0.15) is 0 Å². The number of rotatable bonds is 2. The van der Waals surface area contributed by atoms with Gasteiger partial charge in [0.2, 0.25) is 0 Å². The minimum atomic E-state index is 0.0822. The van der Waals surface area contributed by atoms with Gasteiger partial charge in [0.25, 0.3) is 11.8 Å². The number of nitrogens with zero attached hydrogens (tertiary/aromatic N) is 2. The summed E-state index contributed by atoms with van der Waals surface area (Å²) in [6, 6.07) is 0. The lowest BCUT2D eigenvalue weighted by molar-refractivity contribution is -0.124. The first-order chi connectivity index (χ1) is 14.0. The van der Waals surface area contributed by atoms with E-state index in [1.54, 1.807) is 0 Å². The van der Waals surface area contributed by atoms with E-state index in [1.165, 1.54) is 57.8 Å². The predicted octanol–water partition coefficient (Wildman–Crippen LogP) is 4.24. The van der Waals surface area contributed by atoms with Crippen molar-refractivity contribution in [3.63, 3.8) is 0 Å². The Labute approximate surface area is 173 Å². The Morgan fingerprint density at radius 3 is 2.38 bits per heavy atom. The number of allylic oxidation sites excluding steroid dienone is 2. The summed E-state index contributed by atoms with van der Waals surface area (Å²) >= 11 is 0. The van der Waals surface area contributed by atoms with Crippen LogP contribution < -0.4 is 0 Å². The van der Waals surface area contributed by atoms with E-state index in [1.807, 2.05) is 23.9 Å². The molecule has 5 fully saturated rings. The van der Waals surface area contributed by atoms with E-state index in [2.05, 4.69) is 0 Å². The van der Waals surface area contributed by atoms with Crippen LogP contribution in [0.3, 0.4) is 0 Å². The number of carbonyl (C=O) groups is 2. The normalized spacial score (nSPS) is 45.7. The predicted molar refractivity (Wildman–Crippen MR) is 109 cm³/mol. The van der Waals surface area contributed by atoms with Crippen LogP contribution >= 0.6 is 0 Å². The zero-order valence-corrected chi connectivity index (χ0v) is 17.8. The summed E-state index contributed by atoms with van der Waals surface area (Å²) in [4.78, 5) is 30.9. The van der Waals surface area contributed by atoms with Gasteiger partial charge in [0.05, 0.1) is 11.1 Å². The highest BCUT2D eigenvalue weighted by atomic mass is 16.2. The van der Waals surface area contributed by atoms with Crippen LogP contribution in [-0.4, -0.2) is 35.7 Å². The number of hydrogen-bond donors (Lipinski definition) is 0. The summed E-state index contributed by atoms with van der Waals surface area (Å²) in [5.74, 6) is 3.19. The molecule has 2 aliphatic heterocycles. The van der Waals surface area contributed by atoms with E-state index in [0.29, 0.717) is 11.3 Å². The fourth-order valence-corrected chi connectivity index (χ4v) is 9.66. The van der Waals surface area contributed by atoms with Gasteiger partial charge < -0.3 is 9.80 Å². The fourth-order valence-electron chi connectivity index (χ4n) is 9.66. The second-order valence-electron chi connectivity index (χ2n) is 11.6. The molecule has 5 aliphatic carbocycles. The summed E-state index contributed by atoms with van der Waals surface area (Å²) in [5, 5.41) is 0. The molecule has 0 aromatic rings. The van der Waals surface area contributed by atoms with Crippen LogP contribution in [0.4, 0.5) is 0 Å². The van der Waals surface area contributed by atoms with E-state index in [4.69, 9.17) is 0 Å². The summed E-state index contributed by atoms with van der Waals surface area (Å²) in [7, 11) is 3.88. The second-order valence-corrected chi connectivity index (χ2v) is 11.6. The van der Waals surface area contributed by atoms with E-state index in [0.717, 1.165) is 53.1 Å². The Balaban J connectivity index is 1.40. The molecule has 4 heteroatoms. The maximum atomic E-state index is 13.6. The van der Waals surface area contributed by atoms with Crippen molar-refractivity contribution < 1.29 is 9.59 Å². The molecule has 3 bridgehead atoms. The van der Waals surface area contributed by atoms with Gasteiger partial charge >= 0.3 is 0 Å². The maximum Gasteiger partial charge on any atom is 0.260 e. The Kier molecular flexibility index (Phi) is 3.06. The average molecular weight is 393 g/mol. The maximum absolute atomic E-state index is 13.6. The number of fused-ring (bicyclic) bond motifs is 3. The SMILES string of the molecule is CN1C(=O)C2=C(C34CC5CC6CC(C3)C6(C5)C4)N(C)C(=O)C2=C1C1CCCCC1. The summed E-state index contributed by atoms with van der Waals surface area (Å²) < 4.78 is 0. The van der Waals surface area contributed by atoms with Gasteiger partial charge in [-0.3, -0.25) is 9.59 Å². The van der Waals surface area contributed by atoms with E-state index in [-0.39, 0.29) is 17.2 Å². The lowest BCUT2D eigenvalue weighted by Gasteiger charge is -2.49. The van der Waals surface area contributed by atoms with Crippen LogP contribution in [0.1, 0.15) is 70.6 Å².